The van der Waals surface area contributed by atoms with Crippen LogP contribution >= 0.6 is 90.4 Å². The van der Waals surface area contributed by atoms with E-state index in [4.69, 9.17) is 4.74 Å². The van der Waals surface area contributed by atoms with Crippen molar-refractivity contribution in [3.63, 3.8) is 0 Å². The highest BCUT2D eigenvalue weighted by atomic mass is 127. The van der Waals surface area contributed by atoms with E-state index in [1.54, 1.807) is 0 Å². The molecule has 0 saturated carbocycles. The number of rotatable bonds is 4. The third kappa shape index (κ3) is 4.58. The molecular weight excluding hydrogens is 672 g/mol. The number of halogens is 4. The van der Waals surface area contributed by atoms with E-state index in [0.29, 0.717) is 12.2 Å². The zero-order valence-electron chi connectivity index (χ0n) is 9.03. The lowest BCUT2D eigenvalue weighted by atomic mass is 10.2. The lowest BCUT2D eigenvalue weighted by Gasteiger charge is -2.10. The Kier molecular flexibility index (Phi) is 7.86. The fourth-order valence-corrected chi connectivity index (χ4v) is 4.37. The van der Waals surface area contributed by atoms with Gasteiger partial charge in [0.1, 0.15) is 0 Å². The lowest BCUT2D eigenvalue weighted by Crippen LogP contribution is -2.10. The van der Waals surface area contributed by atoms with Crippen molar-refractivity contribution in [2.75, 3.05) is 6.61 Å². The van der Waals surface area contributed by atoms with E-state index in [1.165, 1.54) is 3.57 Å². The summed E-state index contributed by atoms with van der Waals surface area (Å²) < 4.78 is 9.64. The number of esters is 1. The quantitative estimate of drug-likeness (QED) is 0.146. The van der Waals surface area contributed by atoms with Crippen LogP contribution in [0.5, 0.6) is 0 Å². The number of carbonyl (C=O) groups excluding carboxylic acids is 1. The van der Waals surface area contributed by atoms with Crippen LogP contribution in [0.25, 0.3) is 0 Å². The van der Waals surface area contributed by atoms with Crippen molar-refractivity contribution in [2.45, 2.75) is 19.8 Å². The van der Waals surface area contributed by atoms with E-state index in [0.717, 1.165) is 23.6 Å². The van der Waals surface area contributed by atoms with Crippen LogP contribution in [-0.4, -0.2) is 12.6 Å². The molecule has 1 rings (SSSR count). The Bertz CT molecular complexity index is 432. The van der Waals surface area contributed by atoms with Crippen LogP contribution in [0, 0.1) is 14.3 Å². The van der Waals surface area contributed by atoms with Gasteiger partial charge >= 0.3 is 5.97 Å². The lowest BCUT2D eigenvalue weighted by molar-refractivity contribution is 0.0498. The highest BCUT2D eigenvalue weighted by Gasteiger charge is 2.17. The molecule has 0 aromatic heterocycles. The summed E-state index contributed by atoms with van der Waals surface area (Å²) in [5, 5.41) is 0. The first kappa shape index (κ1) is 16.7. The van der Waals surface area contributed by atoms with Crippen LogP contribution in [0.2, 0.25) is 0 Å². The molecule has 0 aliphatic heterocycles. The summed E-state index contributed by atoms with van der Waals surface area (Å²) in [6.45, 7) is 2.58. The summed E-state index contributed by atoms with van der Waals surface area (Å²) in [6.07, 6.45) is 1.95. The minimum Gasteiger partial charge on any atom is -0.462 e. The van der Waals surface area contributed by atoms with Crippen molar-refractivity contribution in [3.8, 4) is 0 Å². The third-order valence-corrected chi connectivity index (χ3v) is 9.32. The van der Waals surface area contributed by atoms with Crippen molar-refractivity contribution < 1.29 is 9.53 Å². The molecule has 1 aromatic carbocycles. The normalized spacial score (nSPS) is 10.4. The first-order valence-corrected chi connectivity index (χ1v) is 9.30. The molecule has 0 aliphatic rings. The molecule has 6 heteroatoms. The van der Waals surface area contributed by atoms with Gasteiger partial charge in [0, 0.05) is 14.3 Å². The number of unbranched alkanes of at least 4 members (excludes halogenated alkanes) is 1. The summed E-state index contributed by atoms with van der Waals surface area (Å²) in [7, 11) is 0. The highest BCUT2D eigenvalue weighted by molar-refractivity contribution is 14.1. The van der Waals surface area contributed by atoms with Gasteiger partial charge in [0.25, 0.3) is 0 Å². The van der Waals surface area contributed by atoms with Gasteiger partial charge in [0.05, 0.1) is 12.2 Å². The van der Waals surface area contributed by atoms with Crippen molar-refractivity contribution in [3.05, 3.63) is 25.9 Å². The van der Waals surface area contributed by atoms with Crippen LogP contribution in [0.15, 0.2) is 6.07 Å². The second-order valence-corrected chi connectivity index (χ2v) is 7.74. The first-order chi connectivity index (χ1) is 7.99. The maximum Gasteiger partial charge on any atom is 0.339 e. The number of carbonyl (C=O) groups is 1. The summed E-state index contributed by atoms with van der Waals surface area (Å²) in [4.78, 5) is 11.9. The molecule has 1 aromatic rings. The number of ether oxygens (including phenoxy) is 1. The molecule has 2 nitrogen and oxygen atoms in total. The van der Waals surface area contributed by atoms with Gasteiger partial charge in [-0.3, -0.25) is 0 Å². The SMILES string of the molecule is CCCCOC(=O)c1cc(I)c(I)c(I)c1I. The van der Waals surface area contributed by atoms with Crippen LogP contribution < -0.4 is 0 Å². The molecular formula is C11H10I4O2. The van der Waals surface area contributed by atoms with Crippen molar-refractivity contribution >= 4 is 96.3 Å². The second kappa shape index (κ2) is 8.02. The molecule has 0 unspecified atom stereocenters. The Labute approximate surface area is 156 Å². The molecule has 17 heavy (non-hydrogen) atoms. The Hall–Kier alpha value is 1.61. The molecule has 0 aliphatic carbocycles. The maximum atomic E-state index is 11.9. The van der Waals surface area contributed by atoms with Gasteiger partial charge in [0.15, 0.2) is 0 Å². The van der Waals surface area contributed by atoms with Crippen LogP contribution in [-0.2, 0) is 4.74 Å². The number of hydrogen-bond donors (Lipinski definition) is 0. The predicted molar refractivity (Wildman–Crippen MR) is 103 cm³/mol. The van der Waals surface area contributed by atoms with E-state index >= 15 is 0 Å². The minimum atomic E-state index is -0.213. The molecule has 0 heterocycles. The van der Waals surface area contributed by atoms with E-state index in [1.807, 2.05) is 6.07 Å². The van der Waals surface area contributed by atoms with E-state index in [9.17, 15) is 4.79 Å². The number of hydrogen-bond acceptors (Lipinski definition) is 2. The van der Waals surface area contributed by atoms with E-state index in [-0.39, 0.29) is 5.97 Å². The van der Waals surface area contributed by atoms with Gasteiger partial charge in [0.2, 0.25) is 0 Å². The van der Waals surface area contributed by atoms with Gasteiger partial charge in [-0.2, -0.15) is 0 Å². The fraction of sp³-hybridized carbons (Fsp3) is 0.364. The zero-order valence-corrected chi connectivity index (χ0v) is 17.7. The summed E-state index contributed by atoms with van der Waals surface area (Å²) >= 11 is 9.02. The Morgan fingerprint density at radius 3 is 2.41 bits per heavy atom. The van der Waals surface area contributed by atoms with Gasteiger partial charge in [-0.25, -0.2) is 4.79 Å². The number of benzene rings is 1. The highest BCUT2D eigenvalue weighted by Crippen LogP contribution is 2.29. The first-order valence-electron chi connectivity index (χ1n) is 4.99. The Morgan fingerprint density at radius 2 is 1.82 bits per heavy atom. The molecule has 0 saturated heterocycles. The van der Waals surface area contributed by atoms with Gasteiger partial charge in [-0.15, -0.1) is 0 Å². The molecule has 0 N–H and O–H groups in total. The third-order valence-electron chi connectivity index (χ3n) is 2.05. The molecule has 0 radical (unpaired) electrons. The summed E-state index contributed by atoms with van der Waals surface area (Å²) in [6, 6.07) is 1.90. The van der Waals surface area contributed by atoms with E-state index < -0.39 is 0 Å². The Morgan fingerprint density at radius 1 is 1.18 bits per heavy atom. The second-order valence-electron chi connectivity index (χ2n) is 3.34. The molecule has 0 amide bonds. The van der Waals surface area contributed by atoms with E-state index in [2.05, 4.69) is 97.3 Å². The molecule has 0 atom stereocenters. The van der Waals surface area contributed by atoms with Crippen LogP contribution in [0.3, 0.4) is 0 Å². The largest absolute Gasteiger partial charge is 0.462 e. The Balaban J connectivity index is 2.94. The molecule has 0 fully saturated rings. The fourth-order valence-electron chi connectivity index (χ4n) is 1.11. The molecule has 0 bridgehead atoms. The average Bonchev–Trinajstić information content (AvgIpc) is 2.31. The monoisotopic (exact) mass is 682 g/mol. The van der Waals surface area contributed by atoms with Crippen molar-refractivity contribution in [2.24, 2.45) is 0 Å². The topological polar surface area (TPSA) is 26.3 Å². The van der Waals surface area contributed by atoms with Gasteiger partial charge < -0.3 is 4.74 Å². The van der Waals surface area contributed by atoms with Crippen LogP contribution in [0.1, 0.15) is 30.1 Å². The average molecular weight is 682 g/mol. The minimum absolute atomic E-state index is 0.213. The van der Waals surface area contributed by atoms with Gasteiger partial charge in [-0.05, 0) is 103 Å². The van der Waals surface area contributed by atoms with Crippen molar-refractivity contribution in [1.82, 2.24) is 0 Å². The van der Waals surface area contributed by atoms with Crippen LogP contribution in [0.4, 0.5) is 0 Å². The standard InChI is InChI=1S/C11H10I4O2/c1-2-3-4-17-11(16)6-5-7(12)9(14)10(15)8(6)13/h5H,2-4H2,1H3. The smallest absolute Gasteiger partial charge is 0.339 e. The van der Waals surface area contributed by atoms with Gasteiger partial charge in [-0.1, -0.05) is 13.3 Å². The zero-order chi connectivity index (χ0) is 13.0. The predicted octanol–water partition coefficient (Wildman–Crippen LogP) is 5.06. The summed E-state index contributed by atoms with van der Waals surface area (Å²) in [5.41, 5.74) is 0.677. The van der Waals surface area contributed by atoms with Crippen molar-refractivity contribution in [1.29, 1.82) is 0 Å². The summed E-state index contributed by atoms with van der Waals surface area (Å²) in [5.74, 6) is -0.213. The molecule has 0 spiro atoms. The maximum absolute atomic E-state index is 11.9. The molecule has 94 valence electrons.